The molecule has 0 atom stereocenters. The monoisotopic (exact) mass is 389 g/mol. The van der Waals surface area contributed by atoms with E-state index in [4.69, 9.17) is 12.2 Å². The number of rotatable bonds is 6. The van der Waals surface area contributed by atoms with Crippen molar-refractivity contribution in [3.63, 3.8) is 0 Å². The van der Waals surface area contributed by atoms with Crippen LogP contribution in [0.1, 0.15) is 28.4 Å². The van der Waals surface area contributed by atoms with E-state index in [2.05, 4.69) is 35.0 Å². The van der Waals surface area contributed by atoms with Crippen molar-refractivity contribution in [3.8, 4) is 0 Å². The molecule has 0 aliphatic rings. The number of hydrogen-bond acceptors (Lipinski definition) is 2. The molecule has 0 saturated carbocycles. The maximum atomic E-state index is 12.4. The number of carbonyl (C=O) groups is 1. The first-order valence-corrected chi connectivity index (χ1v) is 9.64. The second-order valence-corrected chi connectivity index (χ2v) is 6.79. The van der Waals surface area contributed by atoms with Gasteiger partial charge in [-0.2, -0.15) is 0 Å². The highest BCUT2D eigenvalue weighted by Crippen LogP contribution is 2.14. The molecule has 28 heavy (non-hydrogen) atoms. The van der Waals surface area contributed by atoms with Gasteiger partial charge in [0.15, 0.2) is 5.11 Å². The third kappa shape index (κ3) is 5.66. The summed E-state index contributed by atoms with van der Waals surface area (Å²) in [6.45, 7) is 2.61. The molecule has 1 amide bonds. The van der Waals surface area contributed by atoms with Crippen LogP contribution in [0.5, 0.6) is 0 Å². The predicted molar refractivity (Wildman–Crippen MR) is 120 cm³/mol. The van der Waals surface area contributed by atoms with Gasteiger partial charge in [-0.1, -0.05) is 55.5 Å². The molecule has 5 heteroatoms. The largest absolute Gasteiger partial charge is 0.348 e. The Morgan fingerprint density at radius 2 is 1.54 bits per heavy atom. The van der Waals surface area contributed by atoms with E-state index in [0.29, 0.717) is 17.2 Å². The Kier molecular flexibility index (Phi) is 6.76. The van der Waals surface area contributed by atoms with Crippen LogP contribution in [-0.4, -0.2) is 11.0 Å². The average Bonchev–Trinajstić information content (AvgIpc) is 2.73. The van der Waals surface area contributed by atoms with Gasteiger partial charge in [0.2, 0.25) is 0 Å². The van der Waals surface area contributed by atoms with Gasteiger partial charge in [-0.15, -0.1) is 0 Å². The molecule has 3 rings (SSSR count). The van der Waals surface area contributed by atoms with Crippen LogP contribution < -0.4 is 16.0 Å². The summed E-state index contributed by atoms with van der Waals surface area (Å²) in [5.74, 6) is -0.124. The summed E-state index contributed by atoms with van der Waals surface area (Å²) in [6.07, 6.45) is 1.00. The standard InChI is InChI=1S/C23H23N3OS/c1-2-17-11-13-20(14-12-17)25-23(28)26-21-10-6-9-19(15-21)22(27)24-16-18-7-4-3-5-8-18/h3-15H,2,16H2,1H3,(H,24,27)(H2,25,26,28). The highest BCUT2D eigenvalue weighted by molar-refractivity contribution is 7.80. The zero-order chi connectivity index (χ0) is 19.8. The number of amides is 1. The summed E-state index contributed by atoms with van der Waals surface area (Å²) in [6, 6.07) is 25.2. The van der Waals surface area contributed by atoms with Crippen LogP contribution in [0.15, 0.2) is 78.9 Å². The van der Waals surface area contributed by atoms with Crippen molar-refractivity contribution >= 4 is 34.6 Å². The van der Waals surface area contributed by atoms with Gasteiger partial charge < -0.3 is 16.0 Å². The molecular weight excluding hydrogens is 366 g/mol. The molecule has 0 aliphatic carbocycles. The van der Waals surface area contributed by atoms with Gasteiger partial charge >= 0.3 is 0 Å². The van der Waals surface area contributed by atoms with Crippen LogP contribution in [0, 0.1) is 0 Å². The fourth-order valence-corrected chi connectivity index (χ4v) is 2.97. The highest BCUT2D eigenvalue weighted by Gasteiger charge is 2.07. The number of nitrogens with one attached hydrogen (secondary N) is 3. The Balaban J connectivity index is 1.57. The van der Waals surface area contributed by atoms with Crippen LogP contribution in [0.4, 0.5) is 11.4 Å². The lowest BCUT2D eigenvalue weighted by molar-refractivity contribution is 0.0951. The number of thiocarbonyl (C=S) groups is 1. The number of hydrogen-bond donors (Lipinski definition) is 3. The smallest absolute Gasteiger partial charge is 0.251 e. The number of anilines is 2. The van der Waals surface area contributed by atoms with Gasteiger partial charge in [0.1, 0.15) is 0 Å². The van der Waals surface area contributed by atoms with E-state index < -0.39 is 0 Å². The van der Waals surface area contributed by atoms with Crippen molar-refractivity contribution in [3.05, 3.63) is 95.6 Å². The SMILES string of the molecule is CCc1ccc(NC(=S)Nc2cccc(C(=O)NCc3ccccc3)c2)cc1. The lowest BCUT2D eigenvalue weighted by atomic mass is 10.1. The Morgan fingerprint density at radius 1 is 0.821 bits per heavy atom. The van der Waals surface area contributed by atoms with Gasteiger partial charge in [0, 0.05) is 23.5 Å². The summed E-state index contributed by atoms with van der Waals surface area (Å²) in [5, 5.41) is 9.69. The molecule has 0 aliphatic heterocycles. The van der Waals surface area contributed by atoms with Gasteiger partial charge in [-0.25, -0.2) is 0 Å². The Morgan fingerprint density at radius 3 is 2.25 bits per heavy atom. The highest BCUT2D eigenvalue weighted by atomic mass is 32.1. The number of carbonyl (C=O) groups excluding carboxylic acids is 1. The summed E-state index contributed by atoms with van der Waals surface area (Å²) in [7, 11) is 0. The number of aryl methyl sites for hydroxylation is 1. The predicted octanol–water partition coefficient (Wildman–Crippen LogP) is 4.99. The van der Waals surface area contributed by atoms with Crippen LogP contribution in [-0.2, 0) is 13.0 Å². The van der Waals surface area contributed by atoms with E-state index in [-0.39, 0.29) is 5.91 Å². The first kappa shape index (κ1) is 19.6. The second-order valence-electron chi connectivity index (χ2n) is 6.38. The fourth-order valence-electron chi connectivity index (χ4n) is 2.74. The van der Waals surface area contributed by atoms with E-state index in [9.17, 15) is 4.79 Å². The molecule has 0 heterocycles. The van der Waals surface area contributed by atoms with E-state index in [1.54, 1.807) is 12.1 Å². The van der Waals surface area contributed by atoms with Crippen molar-refractivity contribution in [2.24, 2.45) is 0 Å². The minimum atomic E-state index is -0.124. The van der Waals surface area contributed by atoms with Gasteiger partial charge in [-0.05, 0) is 60.1 Å². The fraction of sp³-hybridized carbons (Fsp3) is 0.130. The molecular formula is C23H23N3OS. The first-order chi connectivity index (χ1) is 13.6. The van der Waals surface area contributed by atoms with E-state index in [1.165, 1.54) is 5.56 Å². The summed E-state index contributed by atoms with van der Waals surface area (Å²) in [5.41, 5.74) is 4.60. The molecule has 3 aromatic rings. The van der Waals surface area contributed by atoms with E-state index in [0.717, 1.165) is 23.4 Å². The third-order valence-corrected chi connectivity index (χ3v) is 4.50. The maximum Gasteiger partial charge on any atom is 0.251 e. The zero-order valence-electron chi connectivity index (χ0n) is 15.7. The second kappa shape index (κ2) is 9.67. The molecule has 4 nitrogen and oxygen atoms in total. The molecule has 0 aromatic heterocycles. The minimum absolute atomic E-state index is 0.124. The Bertz CT molecular complexity index is 940. The van der Waals surface area contributed by atoms with Crippen molar-refractivity contribution in [1.82, 2.24) is 5.32 Å². The van der Waals surface area contributed by atoms with Crippen LogP contribution in [0.3, 0.4) is 0 Å². The summed E-state index contributed by atoms with van der Waals surface area (Å²) >= 11 is 5.38. The molecule has 142 valence electrons. The number of benzene rings is 3. The average molecular weight is 390 g/mol. The topological polar surface area (TPSA) is 53.2 Å². The lowest BCUT2D eigenvalue weighted by Gasteiger charge is -2.12. The van der Waals surface area contributed by atoms with Crippen LogP contribution in [0.25, 0.3) is 0 Å². The van der Waals surface area contributed by atoms with Crippen molar-refractivity contribution in [2.45, 2.75) is 19.9 Å². The van der Waals surface area contributed by atoms with Crippen molar-refractivity contribution in [1.29, 1.82) is 0 Å². The first-order valence-electron chi connectivity index (χ1n) is 9.23. The zero-order valence-corrected chi connectivity index (χ0v) is 16.6. The molecule has 3 N–H and O–H groups in total. The molecule has 0 saturated heterocycles. The normalized spacial score (nSPS) is 10.2. The molecule has 0 spiro atoms. The Labute approximate surface area is 171 Å². The van der Waals surface area contributed by atoms with E-state index in [1.807, 2.05) is 54.6 Å². The molecule has 0 bridgehead atoms. The van der Waals surface area contributed by atoms with E-state index >= 15 is 0 Å². The van der Waals surface area contributed by atoms with Crippen LogP contribution >= 0.6 is 12.2 Å². The summed E-state index contributed by atoms with van der Waals surface area (Å²) in [4.78, 5) is 12.4. The minimum Gasteiger partial charge on any atom is -0.348 e. The molecule has 0 fully saturated rings. The van der Waals surface area contributed by atoms with Gasteiger partial charge in [0.25, 0.3) is 5.91 Å². The van der Waals surface area contributed by atoms with Crippen molar-refractivity contribution in [2.75, 3.05) is 10.6 Å². The van der Waals surface area contributed by atoms with Gasteiger partial charge in [-0.3, -0.25) is 4.79 Å². The molecule has 3 aromatic carbocycles. The lowest BCUT2D eigenvalue weighted by Crippen LogP contribution is -2.23. The van der Waals surface area contributed by atoms with Gasteiger partial charge in [0.05, 0.1) is 0 Å². The van der Waals surface area contributed by atoms with Crippen molar-refractivity contribution < 1.29 is 4.79 Å². The third-order valence-electron chi connectivity index (χ3n) is 4.30. The molecule has 0 radical (unpaired) electrons. The van der Waals surface area contributed by atoms with Crippen LogP contribution in [0.2, 0.25) is 0 Å². The summed E-state index contributed by atoms with van der Waals surface area (Å²) < 4.78 is 0. The quantitative estimate of drug-likeness (QED) is 0.520. The Hall–Kier alpha value is -3.18. The maximum absolute atomic E-state index is 12.4. The molecule has 0 unspecified atom stereocenters.